The zero-order chi connectivity index (χ0) is 15.8. The van der Waals surface area contributed by atoms with E-state index < -0.39 is 6.10 Å². The van der Waals surface area contributed by atoms with Crippen molar-refractivity contribution in [1.82, 2.24) is 4.90 Å². The fourth-order valence-electron chi connectivity index (χ4n) is 1.94. The fourth-order valence-corrected chi connectivity index (χ4v) is 1.94. The van der Waals surface area contributed by atoms with Gasteiger partial charge in [-0.15, -0.1) is 0 Å². The first-order chi connectivity index (χ1) is 10.0. The van der Waals surface area contributed by atoms with Gasteiger partial charge in [0.2, 0.25) is 0 Å². The van der Waals surface area contributed by atoms with Gasteiger partial charge in [-0.25, -0.2) is 0 Å². The lowest BCUT2D eigenvalue weighted by molar-refractivity contribution is 0.0698. The van der Waals surface area contributed by atoms with Gasteiger partial charge in [-0.2, -0.15) is 0 Å². The predicted molar refractivity (Wildman–Crippen MR) is 80.8 cm³/mol. The smallest absolute Gasteiger partial charge is 0.257 e. The van der Waals surface area contributed by atoms with Crippen LogP contribution in [0.4, 0.5) is 0 Å². The van der Waals surface area contributed by atoms with E-state index in [0.29, 0.717) is 36.6 Å². The van der Waals surface area contributed by atoms with E-state index >= 15 is 0 Å². The number of benzene rings is 1. The van der Waals surface area contributed by atoms with Crippen LogP contribution in [0.15, 0.2) is 18.2 Å². The monoisotopic (exact) mass is 296 g/mol. The summed E-state index contributed by atoms with van der Waals surface area (Å²) in [7, 11) is 3.16. The summed E-state index contributed by atoms with van der Waals surface area (Å²) < 4.78 is 10.9. The van der Waals surface area contributed by atoms with Crippen molar-refractivity contribution in [2.24, 2.45) is 5.73 Å². The number of carbonyl (C=O) groups is 1. The zero-order valence-electron chi connectivity index (χ0n) is 12.8. The van der Waals surface area contributed by atoms with Gasteiger partial charge >= 0.3 is 0 Å². The molecule has 6 nitrogen and oxygen atoms in total. The number of aliphatic hydroxyl groups is 1. The number of ether oxygens (including phenoxy) is 2. The van der Waals surface area contributed by atoms with Gasteiger partial charge in [-0.05, 0) is 32.0 Å². The highest BCUT2D eigenvalue weighted by Gasteiger charge is 2.20. The van der Waals surface area contributed by atoms with E-state index in [-0.39, 0.29) is 12.5 Å². The van der Waals surface area contributed by atoms with E-state index in [1.807, 2.05) is 0 Å². The molecule has 0 fully saturated rings. The molecule has 1 rings (SSSR count). The average Bonchev–Trinajstić information content (AvgIpc) is 2.46. The third kappa shape index (κ3) is 4.91. The summed E-state index contributed by atoms with van der Waals surface area (Å²) in [5, 5.41) is 9.40. The van der Waals surface area contributed by atoms with Crippen molar-refractivity contribution in [3.8, 4) is 11.5 Å². The van der Waals surface area contributed by atoms with Crippen LogP contribution in [0.3, 0.4) is 0 Å². The number of likely N-dealkylation sites (N-methyl/N-ethyl adjacent to an activating group) is 1. The summed E-state index contributed by atoms with van der Waals surface area (Å²) in [6, 6.07) is 5.16. The lowest BCUT2D eigenvalue weighted by Crippen LogP contribution is -2.33. The molecule has 0 heterocycles. The van der Waals surface area contributed by atoms with Crippen LogP contribution in [-0.4, -0.2) is 55.9 Å². The van der Waals surface area contributed by atoms with Crippen LogP contribution in [0.1, 0.15) is 23.7 Å². The summed E-state index contributed by atoms with van der Waals surface area (Å²) in [6.45, 7) is 2.81. The normalized spacial score (nSPS) is 11.9. The van der Waals surface area contributed by atoms with Crippen LogP contribution in [0.5, 0.6) is 11.5 Å². The number of amides is 1. The third-order valence-electron chi connectivity index (χ3n) is 2.91. The quantitative estimate of drug-likeness (QED) is 0.696. The average molecular weight is 296 g/mol. The summed E-state index contributed by atoms with van der Waals surface area (Å²) in [6.07, 6.45) is 0.0982. The van der Waals surface area contributed by atoms with Gasteiger partial charge in [0, 0.05) is 13.6 Å². The molecule has 0 radical (unpaired) electrons. The first kappa shape index (κ1) is 17.3. The number of nitrogens with two attached hydrogens (primary N) is 1. The van der Waals surface area contributed by atoms with Crippen molar-refractivity contribution in [2.45, 2.75) is 19.4 Å². The van der Waals surface area contributed by atoms with Gasteiger partial charge in [-0.1, -0.05) is 6.07 Å². The lowest BCUT2D eigenvalue weighted by Gasteiger charge is -2.21. The van der Waals surface area contributed by atoms with Gasteiger partial charge < -0.3 is 25.2 Å². The van der Waals surface area contributed by atoms with Crippen molar-refractivity contribution in [2.75, 3.05) is 33.9 Å². The minimum absolute atomic E-state index is 0.224. The van der Waals surface area contributed by atoms with Crippen LogP contribution in [0.25, 0.3) is 0 Å². The number of nitrogens with zero attached hydrogens (tertiary/aromatic N) is 1. The highest BCUT2D eigenvalue weighted by molar-refractivity contribution is 5.97. The molecule has 0 spiro atoms. The summed E-state index contributed by atoms with van der Waals surface area (Å²) in [5.74, 6) is 0.691. The standard InChI is InChI=1S/C15H24N2O4/c1-11(18)10-17(2)15(19)12-6-4-7-13(20-3)14(12)21-9-5-8-16/h4,6-7,11,18H,5,8-10,16H2,1-3H3. The molecule has 0 bridgehead atoms. The molecule has 1 amide bonds. The second-order valence-corrected chi connectivity index (χ2v) is 4.86. The van der Waals surface area contributed by atoms with Gasteiger partial charge in [0.25, 0.3) is 5.91 Å². The van der Waals surface area contributed by atoms with Gasteiger partial charge in [0.15, 0.2) is 11.5 Å². The topological polar surface area (TPSA) is 85.0 Å². The Morgan fingerprint density at radius 3 is 2.76 bits per heavy atom. The number of rotatable bonds is 8. The number of methoxy groups -OCH3 is 1. The number of para-hydroxylation sites is 1. The summed E-state index contributed by atoms with van der Waals surface area (Å²) >= 11 is 0. The Hall–Kier alpha value is -1.79. The molecule has 1 aromatic carbocycles. The zero-order valence-corrected chi connectivity index (χ0v) is 12.8. The Morgan fingerprint density at radius 1 is 1.48 bits per heavy atom. The molecule has 3 N–H and O–H groups in total. The largest absolute Gasteiger partial charge is 0.493 e. The van der Waals surface area contributed by atoms with Gasteiger partial charge in [-0.3, -0.25) is 4.79 Å². The Bertz CT molecular complexity index is 463. The number of carbonyl (C=O) groups excluding carboxylic acids is 1. The minimum atomic E-state index is -0.592. The highest BCUT2D eigenvalue weighted by atomic mass is 16.5. The van der Waals surface area contributed by atoms with E-state index in [1.165, 1.54) is 12.0 Å². The first-order valence-corrected chi connectivity index (χ1v) is 6.94. The van der Waals surface area contributed by atoms with Gasteiger partial charge in [0.1, 0.15) is 0 Å². The van der Waals surface area contributed by atoms with Crippen molar-refractivity contribution >= 4 is 5.91 Å². The highest BCUT2D eigenvalue weighted by Crippen LogP contribution is 2.32. The summed E-state index contributed by atoms with van der Waals surface area (Å²) in [4.78, 5) is 13.9. The van der Waals surface area contributed by atoms with Crippen molar-refractivity contribution in [1.29, 1.82) is 0 Å². The first-order valence-electron chi connectivity index (χ1n) is 6.94. The molecule has 118 valence electrons. The van der Waals surface area contributed by atoms with E-state index in [2.05, 4.69) is 0 Å². The van der Waals surface area contributed by atoms with Crippen LogP contribution in [0.2, 0.25) is 0 Å². The minimum Gasteiger partial charge on any atom is -0.493 e. The molecular weight excluding hydrogens is 272 g/mol. The van der Waals surface area contributed by atoms with E-state index in [0.717, 1.165) is 0 Å². The maximum absolute atomic E-state index is 12.5. The third-order valence-corrected chi connectivity index (χ3v) is 2.91. The molecule has 6 heteroatoms. The molecule has 0 saturated carbocycles. The van der Waals surface area contributed by atoms with Crippen LogP contribution in [-0.2, 0) is 0 Å². The van der Waals surface area contributed by atoms with Crippen molar-refractivity contribution in [3.05, 3.63) is 23.8 Å². The predicted octanol–water partition coefficient (Wildman–Crippen LogP) is 0.876. The van der Waals surface area contributed by atoms with Crippen LogP contribution < -0.4 is 15.2 Å². The molecule has 0 aliphatic carbocycles. The summed E-state index contributed by atoms with van der Waals surface area (Å²) in [5.41, 5.74) is 5.86. The molecule has 1 unspecified atom stereocenters. The molecule has 0 aliphatic heterocycles. The molecule has 1 atom stereocenters. The maximum Gasteiger partial charge on any atom is 0.257 e. The molecule has 0 aromatic heterocycles. The van der Waals surface area contributed by atoms with Crippen LogP contribution in [0, 0.1) is 0 Å². The van der Waals surface area contributed by atoms with E-state index in [9.17, 15) is 9.90 Å². The SMILES string of the molecule is COc1cccc(C(=O)N(C)CC(C)O)c1OCCCN. The van der Waals surface area contributed by atoms with Crippen molar-refractivity contribution < 1.29 is 19.4 Å². The van der Waals surface area contributed by atoms with E-state index in [1.54, 1.807) is 32.2 Å². The molecule has 1 aromatic rings. The molecule has 0 aliphatic rings. The molecule has 0 saturated heterocycles. The molecule has 21 heavy (non-hydrogen) atoms. The molecular formula is C15H24N2O4. The number of hydrogen-bond donors (Lipinski definition) is 2. The van der Waals surface area contributed by atoms with Gasteiger partial charge in [0.05, 0.1) is 25.4 Å². The Kier molecular flexibility index (Phi) is 6.98. The Morgan fingerprint density at radius 2 is 2.19 bits per heavy atom. The fraction of sp³-hybridized carbons (Fsp3) is 0.533. The second-order valence-electron chi connectivity index (χ2n) is 4.86. The van der Waals surface area contributed by atoms with Crippen LogP contribution >= 0.6 is 0 Å². The van der Waals surface area contributed by atoms with Crippen molar-refractivity contribution in [3.63, 3.8) is 0 Å². The lowest BCUT2D eigenvalue weighted by atomic mass is 10.1. The number of aliphatic hydroxyl groups excluding tert-OH is 1. The second kappa shape index (κ2) is 8.49. The number of hydrogen-bond acceptors (Lipinski definition) is 5. The van der Waals surface area contributed by atoms with E-state index in [4.69, 9.17) is 15.2 Å². The Labute approximate surface area is 125 Å². The Balaban J connectivity index is 3.01. The maximum atomic E-state index is 12.5.